The molecular weight excluding hydrogens is 326 g/mol. The lowest BCUT2D eigenvalue weighted by molar-refractivity contribution is -0.116. The molecule has 0 fully saturated rings. The Balaban J connectivity index is 1.97. The lowest BCUT2D eigenvalue weighted by Crippen LogP contribution is -2.11. The van der Waals surface area contributed by atoms with Crippen molar-refractivity contribution in [1.29, 1.82) is 0 Å². The number of hydrogen-bond acceptors (Lipinski definition) is 1. The number of carbonyl (C=O) groups excluding carboxylic acids is 1. The SMILES string of the molecule is CCCCCCCC(=O)Nc1ccc(Br)c2ccccc12. The minimum atomic E-state index is 0.110. The molecule has 0 aliphatic heterocycles. The average Bonchev–Trinajstić information content (AvgIpc) is 2.50. The highest BCUT2D eigenvalue weighted by atomic mass is 79.9. The molecule has 0 unspecified atom stereocenters. The number of fused-ring (bicyclic) bond motifs is 1. The van der Waals surface area contributed by atoms with E-state index >= 15 is 0 Å². The van der Waals surface area contributed by atoms with E-state index in [2.05, 4.69) is 34.2 Å². The van der Waals surface area contributed by atoms with E-state index in [-0.39, 0.29) is 5.91 Å². The van der Waals surface area contributed by atoms with Crippen LogP contribution in [0.5, 0.6) is 0 Å². The summed E-state index contributed by atoms with van der Waals surface area (Å²) < 4.78 is 1.05. The fourth-order valence-electron chi connectivity index (χ4n) is 2.47. The smallest absolute Gasteiger partial charge is 0.224 e. The van der Waals surface area contributed by atoms with Crippen LogP contribution in [0.4, 0.5) is 5.69 Å². The largest absolute Gasteiger partial charge is 0.326 e. The molecule has 3 heteroatoms. The molecule has 2 rings (SSSR count). The predicted octanol–water partition coefficient (Wildman–Crippen LogP) is 5.90. The Kier molecular flexibility index (Phi) is 6.24. The van der Waals surface area contributed by atoms with E-state index in [1.807, 2.05) is 30.3 Å². The van der Waals surface area contributed by atoms with Gasteiger partial charge in [-0.15, -0.1) is 0 Å². The Morgan fingerprint density at radius 1 is 1.00 bits per heavy atom. The van der Waals surface area contributed by atoms with E-state index in [0.29, 0.717) is 6.42 Å². The number of amides is 1. The Morgan fingerprint density at radius 3 is 2.48 bits per heavy atom. The summed E-state index contributed by atoms with van der Waals surface area (Å²) in [5.41, 5.74) is 0.896. The van der Waals surface area contributed by atoms with Crippen molar-refractivity contribution in [3.05, 3.63) is 40.9 Å². The van der Waals surface area contributed by atoms with Gasteiger partial charge in [0.1, 0.15) is 0 Å². The van der Waals surface area contributed by atoms with Crippen LogP contribution in [0.15, 0.2) is 40.9 Å². The maximum absolute atomic E-state index is 12.1. The van der Waals surface area contributed by atoms with Crippen LogP contribution in [-0.2, 0) is 4.79 Å². The number of benzene rings is 2. The Hall–Kier alpha value is -1.35. The Morgan fingerprint density at radius 2 is 1.71 bits per heavy atom. The number of hydrogen-bond donors (Lipinski definition) is 1. The molecule has 0 bridgehead atoms. The molecule has 0 atom stereocenters. The summed E-state index contributed by atoms with van der Waals surface area (Å²) in [5.74, 6) is 0.110. The van der Waals surface area contributed by atoms with E-state index in [1.54, 1.807) is 0 Å². The third kappa shape index (κ3) is 4.57. The molecule has 0 radical (unpaired) electrons. The van der Waals surface area contributed by atoms with Crippen molar-refractivity contribution in [3.8, 4) is 0 Å². The molecule has 0 heterocycles. The average molecular weight is 348 g/mol. The molecule has 112 valence electrons. The molecule has 1 amide bonds. The van der Waals surface area contributed by atoms with Crippen LogP contribution >= 0.6 is 15.9 Å². The molecule has 2 aromatic rings. The third-order valence-electron chi connectivity index (χ3n) is 3.65. The molecule has 2 aromatic carbocycles. The van der Waals surface area contributed by atoms with Gasteiger partial charge in [-0.25, -0.2) is 0 Å². The first kappa shape index (κ1) is 16.0. The van der Waals surface area contributed by atoms with Crippen LogP contribution in [0.1, 0.15) is 45.4 Å². The van der Waals surface area contributed by atoms with Crippen LogP contribution < -0.4 is 5.32 Å². The number of carbonyl (C=O) groups is 1. The van der Waals surface area contributed by atoms with Crippen LogP contribution in [0.2, 0.25) is 0 Å². The van der Waals surface area contributed by atoms with Crippen LogP contribution in [-0.4, -0.2) is 5.91 Å². The van der Waals surface area contributed by atoms with Gasteiger partial charge in [-0.2, -0.15) is 0 Å². The Bertz CT molecular complexity index is 609. The summed E-state index contributed by atoms with van der Waals surface area (Å²) in [7, 11) is 0. The Labute approximate surface area is 135 Å². The van der Waals surface area contributed by atoms with Gasteiger partial charge in [0.25, 0.3) is 0 Å². The predicted molar refractivity (Wildman–Crippen MR) is 93.7 cm³/mol. The fraction of sp³-hybridized carbons (Fsp3) is 0.389. The second-order valence-corrected chi connectivity index (χ2v) is 6.21. The zero-order chi connectivity index (χ0) is 15.1. The van der Waals surface area contributed by atoms with Crippen LogP contribution in [0.25, 0.3) is 10.8 Å². The van der Waals surface area contributed by atoms with Gasteiger partial charge in [-0.3, -0.25) is 4.79 Å². The highest BCUT2D eigenvalue weighted by molar-refractivity contribution is 9.10. The van der Waals surface area contributed by atoms with Crippen molar-refractivity contribution in [2.75, 3.05) is 5.32 Å². The van der Waals surface area contributed by atoms with E-state index < -0.39 is 0 Å². The monoisotopic (exact) mass is 347 g/mol. The molecule has 0 aliphatic carbocycles. The molecule has 1 N–H and O–H groups in total. The topological polar surface area (TPSA) is 29.1 Å². The molecular formula is C18H22BrNO. The quantitative estimate of drug-likeness (QED) is 0.620. The van der Waals surface area contributed by atoms with Crippen molar-refractivity contribution in [2.45, 2.75) is 45.4 Å². The number of unbranched alkanes of at least 4 members (excludes halogenated alkanes) is 4. The molecule has 21 heavy (non-hydrogen) atoms. The van der Waals surface area contributed by atoms with Crippen molar-refractivity contribution in [1.82, 2.24) is 0 Å². The maximum Gasteiger partial charge on any atom is 0.224 e. The normalized spacial score (nSPS) is 10.8. The summed E-state index contributed by atoms with van der Waals surface area (Å²) in [6, 6.07) is 12.0. The summed E-state index contributed by atoms with van der Waals surface area (Å²) >= 11 is 3.55. The van der Waals surface area contributed by atoms with Gasteiger partial charge in [-0.1, -0.05) is 72.8 Å². The molecule has 0 aromatic heterocycles. The minimum absolute atomic E-state index is 0.110. The summed E-state index contributed by atoms with van der Waals surface area (Å²) in [6.07, 6.45) is 6.44. The van der Waals surface area contributed by atoms with Gasteiger partial charge in [0, 0.05) is 22.0 Å². The second-order valence-electron chi connectivity index (χ2n) is 5.35. The van der Waals surface area contributed by atoms with Gasteiger partial charge in [-0.05, 0) is 23.9 Å². The molecule has 0 saturated carbocycles. The van der Waals surface area contributed by atoms with Gasteiger partial charge in [0.15, 0.2) is 0 Å². The molecule has 0 spiro atoms. The van der Waals surface area contributed by atoms with E-state index in [1.165, 1.54) is 19.3 Å². The van der Waals surface area contributed by atoms with Gasteiger partial charge < -0.3 is 5.32 Å². The lowest BCUT2D eigenvalue weighted by atomic mass is 10.1. The molecule has 0 saturated heterocycles. The second kappa shape index (κ2) is 8.18. The van der Waals surface area contributed by atoms with E-state index in [4.69, 9.17) is 0 Å². The lowest BCUT2D eigenvalue weighted by Gasteiger charge is -2.10. The van der Waals surface area contributed by atoms with Gasteiger partial charge in [0.2, 0.25) is 5.91 Å². The number of rotatable bonds is 7. The van der Waals surface area contributed by atoms with E-state index in [9.17, 15) is 4.79 Å². The van der Waals surface area contributed by atoms with Crippen molar-refractivity contribution in [3.63, 3.8) is 0 Å². The van der Waals surface area contributed by atoms with Crippen LogP contribution in [0, 0.1) is 0 Å². The first-order valence-electron chi connectivity index (χ1n) is 7.69. The number of halogens is 1. The summed E-state index contributed by atoms with van der Waals surface area (Å²) in [5, 5.41) is 5.24. The first-order chi connectivity index (χ1) is 10.2. The molecule has 2 nitrogen and oxygen atoms in total. The van der Waals surface area contributed by atoms with Gasteiger partial charge in [0.05, 0.1) is 0 Å². The third-order valence-corrected chi connectivity index (χ3v) is 4.34. The highest BCUT2D eigenvalue weighted by Gasteiger charge is 2.07. The minimum Gasteiger partial charge on any atom is -0.326 e. The number of nitrogens with one attached hydrogen (secondary N) is 1. The van der Waals surface area contributed by atoms with Gasteiger partial charge >= 0.3 is 0 Å². The standard InChI is InChI=1S/C18H22BrNO/c1-2-3-4-5-6-11-18(21)20-17-13-12-16(19)14-9-7-8-10-15(14)17/h7-10,12-13H,2-6,11H2,1H3,(H,20,21). The summed E-state index contributed by atoms with van der Waals surface area (Å²) in [4.78, 5) is 12.1. The molecule has 0 aliphatic rings. The van der Waals surface area contributed by atoms with Crippen molar-refractivity contribution in [2.24, 2.45) is 0 Å². The number of anilines is 1. The fourth-order valence-corrected chi connectivity index (χ4v) is 2.95. The summed E-state index contributed by atoms with van der Waals surface area (Å²) in [6.45, 7) is 2.20. The van der Waals surface area contributed by atoms with Crippen molar-refractivity contribution >= 4 is 38.3 Å². The first-order valence-corrected chi connectivity index (χ1v) is 8.48. The maximum atomic E-state index is 12.1. The van der Waals surface area contributed by atoms with Crippen LogP contribution in [0.3, 0.4) is 0 Å². The van der Waals surface area contributed by atoms with Crippen molar-refractivity contribution < 1.29 is 4.79 Å². The zero-order valence-corrected chi connectivity index (χ0v) is 14.1. The zero-order valence-electron chi connectivity index (χ0n) is 12.5. The van der Waals surface area contributed by atoms with E-state index in [0.717, 1.165) is 33.8 Å². The highest BCUT2D eigenvalue weighted by Crippen LogP contribution is 2.30.